The highest BCUT2D eigenvalue weighted by atomic mass is 31.2. The predicted octanol–water partition coefficient (Wildman–Crippen LogP) is -0.0673. The predicted molar refractivity (Wildman–Crippen MR) is 158 cm³/mol. The van der Waals surface area contributed by atoms with E-state index in [9.17, 15) is 29.6 Å². The molecule has 7 N–H and O–H groups in total. The van der Waals surface area contributed by atoms with Gasteiger partial charge in [0.25, 0.3) is 5.56 Å². The lowest BCUT2D eigenvalue weighted by atomic mass is 9.98. The molecule has 19 nitrogen and oxygen atoms in total. The first-order valence-electron chi connectivity index (χ1n) is 14.4. The van der Waals surface area contributed by atoms with Crippen LogP contribution < -0.4 is 11.3 Å². The minimum absolute atomic E-state index is 0.0250. The first kappa shape index (κ1) is 32.5. The second-order valence-corrected chi connectivity index (χ2v) is 14.8. The number of aromatic amines is 1. The van der Waals surface area contributed by atoms with Crippen molar-refractivity contribution < 1.29 is 43.5 Å². The van der Waals surface area contributed by atoms with Crippen LogP contribution in [0.3, 0.4) is 0 Å². The first-order chi connectivity index (χ1) is 21.6. The van der Waals surface area contributed by atoms with E-state index in [1.807, 2.05) is 0 Å². The number of aromatic nitrogens is 8. The summed E-state index contributed by atoms with van der Waals surface area (Å²) >= 11 is 0. The van der Waals surface area contributed by atoms with Crippen molar-refractivity contribution in [1.82, 2.24) is 39.0 Å². The highest BCUT2D eigenvalue weighted by molar-refractivity contribution is 7.54. The molecule has 0 aromatic carbocycles. The van der Waals surface area contributed by atoms with Gasteiger partial charge < -0.3 is 49.7 Å². The Morgan fingerprint density at radius 2 is 1.70 bits per heavy atom. The molecule has 0 amide bonds. The summed E-state index contributed by atoms with van der Waals surface area (Å²) in [6, 6.07) is 0. The Morgan fingerprint density at radius 3 is 2.46 bits per heavy atom. The number of nitrogens with one attached hydrogen (secondary N) is 1. The van der Waals surface area contributed by atoms with Crippen molar-refractivity contribution in [3.63, 3.8) is 0 Å². The summed E-state index contributed by atoms with van der Waals surface area (Å²) in [6.07, 6.45) is -2.00. The molecule has 2 aliphatic rings. The van der Waals surface area contributed by atoms with Crippen LogP contribution >= 0.6 is 7.60 Å². The molecule has 6 rings (SSSR count). The quantitative estimate of drug-likeness (QED) is 0.121. The summed E-state index contributed by atoms with van der Waals surface area (Å²) < 4.78 is 40.0. The number of ether oxygens (including phenoxy) is 3. The summed E-state index contributed by atoms with van der Waals surface area (Å²) in [4.78, 5) is 45.9. The first-order valence-corrected chi connectivity index (χ1v) is 16.0. The van der Waals surface area contributed by atoms with Gasteiger partial charge in [-0.2, -0.15) is 0 Å². The third kappa shape index (κ3) is 5.82. The Balaban J connectivity index is 1.08. The van der Waals surface area contributed by atoms with Crippen molar-refractivity contribution >= 4 is 35.7 Å². The van der Waals surface area contributed by atoms with Gasteiger partial charge in [-0.15, -0.1) is 0 Å². The monoisotopic (exact) mass is 665 g/mol. The fourth-order valence-electron chi connectivity index (χ4n) is 5.63. The zero-order valence-electron chi connectivity index (χ0n) is 25.4. The molecule has 0 aliphatic carbocycles. The molecule has 6 heterocycles. The molecule has 2 fully saturated rings. The van der Waals surface area contributed by atoms with Gasteiger partial charge in [0, 0.05) is 12.8 Å². The van der Waals surface area contributed by atoms with Crippen molar-refractivity contribution in [2.24, 2.45) is 0 Å². The number of anilines is 1. The molecule has 0 radical (unpaired) electrons. The maximum atomic E-state index is 13.6. The molecule has 250 valence electrons. The van der Waals surface area contributed by atoms with E-state index in [1.54, 1.807) is 18.4 Å². The van der Waals surface area contributed by atoms with Crippen LogP contribution in [0.4, 0.5) is 5.82 Å². The average Bonchev–Trinajstić information content (AvgIpc) is 3.74. The molecule has 2 aliphatic heterocycles. The molecule has 2 saturated heterocycles. The summed E-state index contributed by atoms with van der Waals surface area (Å²) in [5.41, 5.74) is 5.16. The van der Waals surface area contributed by atoms with Crippen LogP contribution in [0.25, 0.3) is 22.3 Å². The molecule has 4 aromatic rings. The van der Waals surface area contributed by atoms with E-state index in [-0.39, 0.29) is 36.4 Å². The topological polar surface area (TPSA) is 268 Å². The third-order valence-corrected chi connectivity index (χ3v) is 10.5. The number of aliphatic hydroxyl groups is 3. The van der Waals surface area contributed by atoms with Gasteiger partial charge in [0.2, 0.25) is 0 Å². The summed E-state index contributed by atoms with van der Waals surface area (Å²) in [6.45, 7) is 5.51. The van der Waals surface area contributed by atoms with E-state index in [0.717, 1.165) is 0 Å². The number of rotatable bonds is 10. The Kier molecular flexibility index (Phi) is 8.27. The second-order valence-electron chi connectivity index (χ2n) is 12.5. The van der Waals surface area contributed by atoms with Crippen molar-refractivity contribution in [3.8, 4) is 0 Å². The zero-order chi connectivity index (χ0) is 33.2. The molecule has 20 heteroatoms. The van der Waals surface area contributed by atoms with Gasteiger partial charge in [-0.3, -0.25) is 18.5 Å². The molecule has 46 heavy (non-hydrogen) atoms. The van der Waals surface area contributed by atoms with Crippen molar-refractivity contribution in [3.05, 3.63) is 35.7 Å². The minimum Gasteiger partial charge on any atom is -0.390 e. The minimum atomic E-state index is -4.56. The van der Waals surface area contributed by atoms with Gasteiger partial charge in [-0.05, 0) is 27.7 Å². The molecule has 0 saturated carbocycles. The van der Waals surface area contributed by atoms with Crippen molar-refractivity contribution in [2.45, 2.75) is 94.5 Å². The largest absolute Gasteiger partial charge is 0.390 e. The van der Waals surface area contributed by atoms with Gasteiger partial charge >= 0.3 is 7.60 Å². The number of imidazole rings is 2. The maximum Gasteiger partial charge on any atom is 0.359 e. The number of nitrogens with zero attached hydrogens (tertiary/aromatic N) is 7. The number of nitrogens with two attached hydrogens (primary N) is 1. The van der Waals surface area contributed by atoms with Gasteiger partial charge in [-0.1, -0.05) is 0 Å². The SMILES string of the molecule is CC(C)(C[C@H]1O[C@@H](n2cnc3c(=O)[nH]cnc32)CC1O)OP(=O)(O)C(C)(C)OCC1OC(n2cnc3c(N)ncnc32)[C@@H](O)[C@H]1O. The van der Waals surface area contributed by atoms with E-state index in [1.165, 1.54) is 43.7 Å². The highest BCUT2D eigenvalue weighted by Gasteiger charge is 2.50. The van der Waals surface area contributed by atoms with Crippen LogP contribution in [-0.4, -0.2) is 107 Å². The Morgan fingerprint density at radius 1 is 1.00 bits per heavy atom. The van der Waals surface area contributed by atoms with Crippen LogP contribution in [-0.2, 0) is 23.3 Å². The van der Waals surface area contributed by atoms with Crippen LogP contribution in [0.5, 0.6) is 0 Å². The van der Waals surface area contributed by atoms with Crippen molar-refractivity contribution in [2.75, 3.05) is 12.3 Å². The zero-order valence-corrected chi connectivity index (χ0v) is 26.3. The molecular formula is C26H36N9O10P. The standard InChI is InChI=1S/C26H36N9O10P/c1-25(2,6-13-12(36)5-15(43-13)34-10-33-17-22(34)30-9-31-23(17)39)45-46(40,41)26(3,4)42-7-14-18(37)19(38)24(44-14)35-11-32-16-20(27)28-8-29-21(16)35/h8-15,18-19,24,36-38H,5-7H2,1-4H3,(H,40,41)(H2,27,28,29)(H,30,31,39)/t12?,13-,14?,15-,18+,19+,24?/m1/s1. The van der Waals surface area contributed by atoms with E-state index >= 15 is 0 Å². The number of fused-ring (bicyclic) bond motifs is 2. The summed E-state index contributed by atoms with van der Waals surface area (Å²) in [5.74, 6) is 0.135. The molecule has 0 spiro atoms. The lowest BCUT2D eigenvalue weighted by Crippen LogP contribution is -2.39. The second kappa shape index (κ2) is 11.7. The van der Waals surface area contributed by atoms with Gasteiger partial charge in [0.05, 0.1) is 43.4 Å². The lowest BCUT2D eigenvalue weighted by Gasteiger charge is -2.37. The smallest absolute Gasteiger partial charge is 0.359 e. The van der Waals surface area contributed by atoms with Crippen LogP contribution in [0.1, 0.15) is 53.0 Å². The summed E-state index contributed by atoms with van der Waals surface area (Å²) in [7, 11) is -4.56. The highest BCUT2D eigenvalue weighted by Crippen LogP contribution is 2.59. The molecule has 0 bridgehead atoms. The number of H-pyrrole nitrogens is 1. The number of nitrogen functional groups attached to an aromatic ring is 1. The average molecular weight is 666 g/mol. The fraction of sp³-hybridized carbons (Fsp3) is 0.615. The van der Waals surface area contributed by atoms with Gasteiger partial charge in [-0.25, -0.2) is 24.9 Å². The van der Waals surface area contributed by atoms with E-state index in [4.69, 9.17) is 24.5 Å². The summed E-state index contributed by atoms with van der Waals surface area (Å²) in [5, 5.41) is 30.4. The Hall–Kier alpha value is -3.39. The Labute approximate surface area is 260 Å². The molecule has 4 unspecified atom stereocenters. The molecular weight excluding hydrogens is 629 g/mol. The number of hydrogen-bond donors (Lipinski definition) is 6. The van der Waals surface area contributed by atoms with E-state index in [0.29, 0.717) is 11.2 Å². The maximum absolute atomic E-state index is 13.6. The molecule has 4 aromatic heterocycles. The van der Waals surface area contributed by atoms with Crippen LogP contribution in [0, 0.1) is 0 Å². The Bertz CT molecular complexity index is 1840. The number of aliphatic hydroxyl groups excluding tert-OH is 3. The normalized spacial score (nSPS) is 28.7. The lowest BCUT2D eigenvalue weighted by molar-refractivity contribution is -0.0945. The van der Waals surface area contributed by atoms with Gasteiger partial charge in [0.1, 0.15) is 36.4 Å². The molecule has 8 atom stereocenters. The van der Waals surface area contributed by atoms with E-state index in [2.05, 4.69) is 29.9 Å². The van der Waals surface area contributed by atoms with Crippen LogP contribution in [0.2, 0.25) is 0 Å². The third-order valence-electron chi connectivity index (χ3n) is 8.22. The van der Waals surface area contributed by atoms with Crippen molar-refractivity contribution in [1.29, 1.82) is 0 Å². The van der Waals surface area contributed by atoms with E-state index < -0.39 is 67.1 Å². The fourth-order valence-corrected chi connectivity index (χ4v) is 6.83. The number of hydrogen-bond acceptors (Lipinski definition) is 15. The van der Waals surface area contributed by atoms with Gasteiger partial charge in [0.15, 0.2) is 34.2 Å². The van der Waals surface area contributed by atoms with Crippen LogP contribution in [0.15, 0.2) is 30.1 Å².